The quantitative estimate of drug-likeness (QED) is 0.431. The summed E-state index contributed by atoms with van der Waals surface area (Å²) in [5.74, 6) is 1.97. The molecule has 180 valence electrons. The van der Waals surface area contributed by atoms with Gasteiger partial charge in [0, 0.05) is 17.3 Å². The molecule has 3 N–H and O–H groups in total. The molecule has 0 radical (unpaired) electrons. The number of allylic oxidation sites excluding steroid dienone is 2. The highest BCUT2D eigenvalue weighted by molar-refractivity contribution is 5.49. The van der Waals surface area contributed by atoms with Crippen LogP contribution in [0.15, 0.2) is 23.3 Å². The van der Waals surface area contributed by atoms with Gasteiger partial charge in [-0.2, -0.15) is 0 Å². The van der Waals surface area contributed by atoms with Crippen molar-refractivity contribution in [1.29, 1.82) is 0 Å². The fourth-order valence-electron chi connectivity index (χ4n) is 8.45. The van der Waals surface area contributed by atoms with Crippen LogP contribution in [0.25, 0.3) is 0 Å². The van der Waals surface area contributed by atoms with Gasteiger partial charge >= 0.3 is 0 Å². The van der Waals surface area contributed by atoms with Gasteiger partial charge in [0.05, 0.1) is 11.7 Å². The normalized spacial score (nSPS) is 51.8. The SMILES string of the molecule is CC(C)C(C)/C=C/C(C)C1CCC2(O)C3=C(CCC12C)C1(C)CCC(O)CC12OC2C3O. The maximum absolute atomic E-state index is 12.4. The molecule has 0 amide bonds. The maximum Gasteiger partial charge on any atom is 0.118 e. The molecule has 10 unspecified atom stereocenters. The third-order valence-electron chi connectivity index (χ3n) is 11.1. The molecule has 1 spiro atoms. The monoisotopic (exact) mass is 444 g/mol. The summed E-state index contributed by atoms with van der Waals surface area (Å²) >= 11 is 0. The summed E-state index contributed by atoms with van der Waals surface area (Å²) < 4.78 is 6.26. The van der Waals surface area contributed by atoms with Gasteiger partial charge in [0.2, 0.25) is 0 Å². The molecule has 10 atom stereocenters. The molecule has 1 aliphatic heterocycles. The van der Waals surface area contributed by atoms with Crippen molar-refractivity contribution in [3.8, 4) is 0 Å². The minimum atomic E-state index is -0.965. The van der Waals surface area contributed by atoms with Gasteiger partial charge < -0.3 is 20.1 Å². The summed E-state index contributed by atoms with van der Waals surface area (Å²) in [5, 5.41) is 34.2. The van der Waals surface area contributed by atoms with Crippen molar-refractivity contribution < 1.29 is 20.1 Å². The number of hydrogen-bond acceptors (Lipinski definition) is 4. The molecule has 0 bridgehead atoms. The van der Waals surface area contributed by atoms with Crippen LogP contribution in [0.5, 0.6) is 0 Å². The van der Waals surface area contributed by atoms with Gasteiger partial charge in [0.25, 0.3) is 0 Å². The Labute approximate surface area is 194 Å². The van der Waals surface area contributed by atoms with E-state index in [9.17, 15) is 15.3 Å². The number of hydrogen-bond donors (Lipinski definition) is 3. The molecular weight excluding hydrogens is 400 g/mol. The second-order valence-corrected chi connectivity index (χ2v) is 12.8. The van der Waals surface area contributed by atoms with E-state index in [2.05, 4.69) is 53.7 Å². The average molecular weight is 445 g/mol. The van der Waals surface area contributed by atoms with Crippen molar-refractivity contribution in [2.24, 2.45) is 34.5 Å². The fourth-order valence-corrected chi connectivity index (χ4v) is 8.45. The van der Waals surface area contributed by atoms with E-state index in [1.807, 2.05) is 0 Å². The first kappa shape index (κ1) is 23.1. The van der Waals surface area contributed by atoms with E-state index in [0.717, 1.165) is 44.1 Å². The number of aliphatic hydroxyl groups is 3. The zero-order valence-corrected chi connectivity index (χ0v) is 20.9. The van der Waals surface area contributed by atoms with Crippen molar-refractivity contribution >= 4 is 0 Å². The highest BCUT2D eigenvalue weighted by Gasteiger charge is 2.77. The van der Waals surface area contributed by atoms with E-state index in [-0.39, 0.29) is 23.0 Å². The van der Waals surface area contributed by atoms with Crippen LogP contribution < -0.4 is 0 Å². The van der Waals surface area contributed by atoms with Crippen LogP contribution in [0.2, 0.25) is 0 Å². The first-order valence-corrected chi connectivity index (χ1v) is 13.1. The van der Waals surface area contributed by atoms with Crippen molar-refractivity contribution in [3.63, 3.8) is 0 Å². The molecule has 2 saturated carbocycles. The molecular formula is C28H44O4. The van der Waals surface area contributed by atoms with Crippen LogP contribution in [-0.4, -0.2) is 44.8 Å². The number of aliphatic hydroxyl groups excluding tert-OH is 2. The lowest BCUT2D eigenvalue weighted by atomic mass is 9.48. The Kier molecular flexibility index (Phi) is 5.17. The predicted molar refractivity (Wildman–Crippen MR) is 126 cm³/mol. The highest BCUT2D eigenvalue weighted by atomic mass is 16.6. The lowest BCUT2D eigenvalue weighted by Gasteiger charge is -2.57. The van der Waals surface area contributed by atoms with Crippen molar-refractivity contribution in [2.45, 2.75) is 116 Å². The average Bonchev–Trinajstić information content (AvgIpc) is 3.38. The van der Waals surface area contributed by atoms with Crippen LogP contribution in [-0.2, 0) is 4.74 Å². The van der Waals surface area contributed by atoms with Crippen molar-refractivity contribution in [3.05, 3.63) is 23.3 Å². The second-order valence-electron chi connectivity index (χ2n) is 12.8. The topological polar surface area (TPSA) is 73.2 Å². The Morgan fingerprint density at radius 2 is 1.72 bits per heavy atom. The number of rotatable bonds is 4. The van der Waals surface area contributed by atoms with E-state index in [0.29, 0.717) is 30.1 Å². The summed E-state index contributed by atoms with van der Waals surface area (Å²) in [4.78, 5) is 0. The predicted octanol–water partition coefficient (Wildman–Crippen LogP) is 4.77. The highest BCUT2D eigenvalue weighted by Crippen LogP contribution is 2.73. The van der Waals surface area contributed by atoms with E-state index in [1.165, 1.54) is 5.57 Å². The number of fused-ring (bicyclic) bond motifs is 3. The van der Waals surface area contributed by atoms with Crippen LogP contribution in [0.1, 0.15) is 86.5 Å². The lowest BCUT2D eigenvalue weighted by molar-refractivity contribution is -0.0834. The van der Waals surface area contributed by atoms with Crippen LogP contribution in [0.3, 0.4) is 0 Å². The van der Waals surface area contributed by atoms with Crippen molar-refractivity contribution in [2.75, 3.05) is 0 Å². The van der Waals surface area contributed by atoms with Gasteiger partial charge in [0.15, 0.2) is 0 Å². The molecule has 0 aromatic rings. The molecule has 5 aliphatic rings. The molecule has 0 aromatic heterocycles. The molecule has 5 rings (SSSR count). The van der Waals surface area contributed by atoms with E-state index in [4.69, 9.17) is 4.74 Å². The van der Waals surface area contributed by atoms with Gasteiger partial charge in [-0.05, 0) is 67.8 Å². The summed E-state index contributed by atoms with van der Waals surface area (Å²) in [5.41, 5.74) is 0.331. The Hall–Kier alpha value is -0.680. The summed E-state index contributed by atoms with van der Waals surface area (Å²) in [6, 6.07) is 0. The largest absolute Gasteiger partial charge is 0.393 e. The molecule has 1 saturated heterocycles. The molecule has 0 aromatic carbocycles. The Morgan fingerprint density at radius 1 is 1.00 bits per heavy atom. The minimum Gasteiger partial charge on any atom is -0.393 e. The molecule has 4 aliphatic carbocycles. The third-order valence-corrected chi connectivity index (χ3v) is 11.1. The van der Waals surface area contributed by atoms with Gasteiger partial charge in [0.1, 0.15) is 17.8 Å². The number of epoxide rings is 1. The second kappa shape index (κ2) is 7.16. The summed E-state index contributed by atoms with van der Waals surface area (Å²) in [6.45, 7) is 13.7. The molecule has 4 heteroatoms. The summed E-state index contributed by atoms with van der Waals surface area (Å²) in [6.07, 6.45) is 9.20. The smallest absolute Gasteiger partial charge is 0.118 e. The first-order chi connectivity index (χ1) is 14.9. The van der Waals surface area contributed by atoms with Crippen molar-refractivity contribution in [1.82, 2.24) is 0 Å². The Bertz CT molecular complexity index is 846. The van der Waals surface area contributed by atoms with E-state index < -0.39 is 17.3 Å². The van der Waals surface area contributed by atoms with E-state index >= 15 is 0 Å². The van der Waals surface area contributed by atoms with Gasteiger partial charge in [-0.15, -0.1) is 0 Å². The van der Waals surface area contributed by atoms with Crippen LogP contribution in [0, 0.1) is 34.5 Å². The molecule has 3 fully saturated rings. The molecule has 4 nitrogen and oxygen atoms in total. The summed E-state index contributed by atoms with van der Waals surface area (Å²) in [7, 11) is 0. The first-order valence-electron chi connectivity index (χ1n) is 13.1. The molecule has 32 heavy (non-hydrogen) atoms. The van der Waals surface area contributed by atoms with Gasteiger partial charge in [-0.1, -0.05) is 59.3 Å². The van der Waals surface area contributed by atoms with Gasteiger partial charge in [-0.3, -0.25) is 0 Å². The maximum atomic E-state index is 12.4. The van der Waals surface area contributed by atoms with E-state index in [1.54, 1.807) is 0 Å². The fraction of sp³-hybridized carbons (Fsp3) is 0.857. The Balaban J connectivity index is 1.50. The van der Waals surface area contributed by atoms with Crippen LogP contribution >= 0.6 is 0 Å². The lowest BCUT2D eigenvalue weighted by Crippen LogP contribution is -2.60. The van der Waals surface area contributed by atoms with Crippen LogP contribution in [0.4, 0.5) is 0 Å². The van der Waals surface area contributed by atoms with Gasteiger partial charge in [-0.25, -0.2) is 0 Å². The zero-order valence-electron chi connectivity index (χ0n) is 20.9. The molecule has 1 heterocycles. The minimum absolute atomic E-state index is 0.182. The zero-order chi connectivity index (χ0) is 23.3. The Morgan fingerprint density at radius 3 is 2.41 bits per heavy atom. The number of ether oxygens (including phenoxy) is 1. The standard InChI is InChI=1S/C28H44O4/c1-16(2)17(3)7-8-18(4)20-11-14-27(31)22-21(10-13-25(20,27)5)26(6)12-9-19(29)15-28(26)24(32-28)23(22)30/h7-8,16-20,23-24,29-31H,9-15H2,1-6H3/b8-7+. The third kappa shape index (κ3) is 2.76.